The van der Waals surface area contributed by atoms with Crippen LogP contribution in [0.2, 0.25) is 0 Å². The number of amides is 1. The third kappa shape index (κ3) is 4.05. The third-order valence-corrected chi connectivity index (χ3v) is 2.35. The molecule has 0 aromatic rings. The van der Waals surface area contributed by atoms with Gasteiger partial charge in [-0.3, -0.25) is 4.90 Å². The van der Waals surface area contributed by atoms with E-state index in [1.54, 1.807) is 20.8 Å². The van der Waals surface area contributed by atoms with Crippen molar-refractivity contribution in [1.82, 2.24) is 4.90 Å². The van der Waals surface area contributed by atoms with Gasteiger partial charge in [0.15, 0.2) is 0 Å². The fourth-order valence-corrected chi connectivity index (χ4v) is 1.06. The van der Waals surface area contributed by atoms with Gasteiger partial charge < -0.3 is 14.6 Å². The maximum atomic E-state index is 11.7. The Morgan fingerprint density at radius 1 is 1.29 bits per heavy atom. The predicted molar refractivity (Wildman–Crippen MR) is 60.7 cm³/mol. The summed E-state index contributed by atoms with van der Waals surface area (Å²) in [6.45, 7) is 6.33. The molecule has 0 aliphatic heterocycles. The number of ether oxygens (including phenoxy) is 1. The van der Waals surface area contributed by atoms with Crippen LogP contribution in [-0.2, 0) is 14.3 Å². The molecule has 0 bridgehead atoms. The van der Waals surface area contributed by atoms with Gasteiger partial charge in [0.25, 0.3) is 0 Å². The molecule has 0 fully saturated rings. The number of hydrogen-bond donors (Lipinski definition) is 1. The molecule has 1 N–H and O–H groups in total. The quantitative estimate of drug-likeness (QED) is 0.754. The van der Waals surface area contributed by atoms with Crippen LogP contribution >= 0.6 is 0 Å². The second kappa shape index (κ2) is 5.16. The number of carboxylic acids is 1. The maximum Gasteiger partial charge on any atom is 0.410 e. The minimum Gasteiger partial charge on any atom is -0.479 e. The summed E-state index contributed by atoms with van der Waals surface area (Å²) in [4.78, 5) is 34.2. The first-order valence-electron chi connectivity index (χ1n) is 5.18. The lowest BCUT2D eigenvalue weighted by atomic mass is 9.97. The van der Waals surface area contributed by atoms with E-state index < -0.39 is 23.2 Å². The standard InChI is InChI=1S/C11H19NO5/c1-10(2,3)17-9(16)12(5)11(4,6-7-13)8(14)15/h7H,6H2,1-5H3,(H,14,15). The summed E-state index contributed by atoms with van der Waals surface area (Å²) >= 11 is 0. The summed E-state index contributed by atoms with van der Waals surface area (Å²) in [6, 6.07) is 0. The van der Waals surface area contributed by atoms with E-state index in [-0.39, 0.29) is 6.42 Å². The van der Waals surface area contributed by atoms with E-state index in [4.69, 9.17) is 9.84 Å². The van der Waals surface area contributed by atoms with Gasteiger partial charge >= 0.3 is 12.1 Å². The van der Waals surface area contributed by atoms with Gasteiger partial charge in [-0.05, 0) is 27.7 Å². The van der Waals surface area contributed by atoms with Crippen LogP contribution in [0.15, 0.2) is 0 Å². The second-order valence-electron chi connectivity index (χ2n) is 4.99. The molecule has 0 saturated carbocycles. The highest BCUT2D eigenvalue weighted by molar-refractivity contribution is 5.86. The molecule has 1 unspecified atom stereocenters. The van der Waals surface area contributed by atoms with Crippen LogP contribution in [0.5, 0.6) is 0 Å². The van der Waals surface area contributed by atoms with Gasteiger partial charge in [-0.25, -0.2) is 9.59 Å². The van der Waals surface area contributed by atoms with Crippen molar-refractivity contribution in [2.24, 2.45) is 0 Å². The fraction of sp³-hybridized carbons (Fsp3) is 0.727. The molecular formula is C11H19NO5. The molecule has 6 heteroatoms. The van der Waals surface area contributed by atoms with Gasteiger partial charge in [-0.2, -0.15) is 0 Å². The molecule has 1 amide bonds. The largest absolute Gasteiger partial charge is 0.479 e. The van der Waals surface area contributed by atoms with Crippen LogP contribution in [0.25, 0.3) is 0 Å². The van der Waals surface area contributed by atoms with Gasteiger partial charge in [-0.1, -0.05) is 0 Å². The molecule has 6 nitrogen and oxygen atoms in total. The molecule has 0 spiro atoms. The van der Waals surface area contributed by atoms with Crippen LogP contribution < -0.4 is 0 Å². The minimum absolute atomic E-state index is 0.294. The van der Waals surface area contributed by atoms with Crippen molar-refractivity contribution < 1.29 is 24.2 Å². The van der Waals surface area contributed by atoms with Crippen LogP contribution in [-0.4, -0.2) is 46.5 Å². The number of rotatable bonds is 4. The molecule has 0 saturated heterocycles. The topological polar surface area (TPSA) is 83.9 Å². The van der Waals surface area contributed by atoms with Gasteiger partial charge in [0, 0.05) is 13.5 Å². The molecular weight excluding hydrogens is 226 g/mol. The molecule has 0 aromatic carbocycles. The summed E-state index contributed by atoms with van der Waals surface area (Å²) < 4.78 is 5.05. The normalized spacial score (nSPS) is 14.6. The van der Waals surface area contributed by atoms with Crippen LogP contribution in [0.4, 0.5) is 4.79 Å². The lowest BCUT2D eigenvalue weighted by Crippen LogP contribution is -2.54. The summed E-state index contributed by atoms with van der Waals surface area (Å²) in [5.74, 6) is -1.25. The van der Waals surface area contributed by atoms with Crippen molar-refractivity contribution >= 4 is 18.3 Å². The van der Waals surface area contributed by atoms with Gasteiger partial charge in [0.2, 0.25) is 0 Å². The first-order chi connectivity index (χ1) is 7.54. The summed E-state index contributed by atoms with van der Waals surface area (Å²) in [5, 5.41) is 9.07. The van der Waals surface area contributed by atoms with Crippen molar-refractivity contribution in [2.45, 2.75) is 45.3 Å². The molecule has 1 atom stereocenters. The number of carbonyl (C=O) groups excluding carboxylic acids is 2. The Labute approximate surface area is 101 Å². The number of nitrogens with zero attached hydrogens (tertiary/aromatic N) is 1. The van der Waals surface area contributed by atoms with Gasteiger partial charge in [-0.15, -0.1) is 0 Å². The highest BCUT2D eigenvalue weighted by Crippen LogP contribution is 2.20. The Balaban J connectivity index is 4.97. The van der Waals surface area contributed by atoms with Crippen LogP contribution in [0, 0.1) is 0 Å². The molecule has 0 radical (unpaired) electrons. The molecule has 98 valence electrons. The van der Waals surface area contributed by atoms with Crippen molar-refractivity contribution in [3.05, 3.63) is 0 Å². The second-order valence-corrected chi connectivity index (χ2v) is 4.99. The average Bonchev–Trinajstić information content (AvgIpc) is 2.13. The Kier molecular flexibility index (Phi) is 4.68. The smallest absolute Gasteiger partial charge is 0.410 e. The zero-order valence-electron chi connectivity index (χ0n) is 10.8. The molecule has 17 heavy (non-hydrogen) atoms. The molecule has 0 heterocycles. The van der Waals surface area contributed by atoms with Crippen LogP contribution in [0.3, 0.4) is 0 Å². The minimum atomic E-state index is -1.59. The predicted octanol–water partition coefficient (Wildman–Crippen LogP) is 1.29. The Morgan fingerprint density at radius 2 is 1.76 bits per heavy atom. The summed E-state index contributed by atoms with van der Waals surface area (Å²) in [6.07, 6.45) is -0.600. The summed E-state index contributed by atoms with van der Waals surface area (Å²) in [7, 11) is 1.30. The lowest BCUT2D eigenvalue weighted by molar-refractivity contribution is -0.150. The van der Waals surface area contributed by atoms with Crippen molar-refractivity contribution in [2.75, 3.05) is 7.05 Å². The maximum absolute atomic E-state index is 11.7. The van der Waals surface area contributed by atoms with Crippen molar-refractivity contribution in [3.63, 3.8) is 0 Å². The molecule has 0 rings (SSSR count). The fourth-order valence-electron chi connectivity index (χ4n) is 1.06. The van der Waals surface area contributed by atoms with E-state index in [2.05, 4.69) is 0 Å². The third-order valence-electron chi connectivity index (χ3n) is 2.35. The van der Waals surface area contributed by atoms with E-state index in [1.807, 2.05) is 0 Å². The first-order valence-corrected chi connectivity index (χ1v) is 5.18. The van der Waals surface area contributed by atoms with Gasteiger partial charge in [0.05, 0.1) is 0 Å². The molecule has 0 aromatic heterocycles. The first kappa shape index (κ1) is 15.4. The number of aliphatic carboxylic acids is 1. The number of carboxylic acid groups (broad SMARTS) is 1. The number of aldehydes is 1. The number of hydrogen-bond acceptors (Lipinski definition) is 4. The van der Waals surface area contributed by atoms with E-state index in [9.17, 15) is 14.4 Å². The van der Waals surface area contributed by atoms with E-state index >= 15 is 0 Å². The van der Waals surface area contributed by atoms with E-state index in [0.717, 1.165) is 4.90 Å². The van der Waals surface area contributed by atoms with E-state index in [0.29, 0.717) is 6.29 Å². The van der Waals surface area contributed by atoms with Crippen molar-refractivity contribution in [3.8, 4) is 0 Å². The Hall–Kier alpha value is -1.59. The monoisotopic (exact) mass is 245 g/mol. The Bertz CT molecular complexity index is 320. The van der Waals surface area contributed by atoms with Gasteiger partial charge in [0.1, 0.15) is 17.4 Å². The summed E-state index contributed by atoms with van der Waals surface area (Å²) in [5.41, 5.74) is -2.31. The SMILES string of the molecule is CN(C(=O)OC(C)(C)C)C(C)(CC=O)C(=O)O. The van der Waals surface area contributed by atoms with Crippen LogP contribution in [0.1, 0.15) is 34.1 Å². The van der Waals surface area contributed by atoms with Crippen molar-refractivity contribution in [1.29, 1.82) is 0 Å². The zero-order valence-corrected chi connectivity index (χ0v) is 10.8. The highest BCUT2D eigenvalue weighted by atomic mass is 16.6. The number of likely N-dealkylation sites (N-methyl/N-ethyl adjacent to an activating group) is 1. The number of carbonyl (C=O) groups is 3. The highest BCUT2D eigenvalue weighted by Gasteiger charge is 2.41. The molecule has 0 aliphatic carbocycles. The van der Waals surface area contributed by atoms with E-state index in [1.165, 1.54) is 14.0 Å². The zero-order chi connectivity index (χ0) is 13.9. The Morgan fingerprint density at radius 3 is 2.06 bits per heavy atom. The average molecular weight is 245 g/mol. The lowest BCUT2D eigenvalue weighted by Gasteiger charge is -2.34. The molecule has 0 aliphatic rings.